The number of imidazole rings is 1. The van der Waals surface area contributed by atoms with Crippen molar-refractivity contribution < 1.29 is 0 Å². The average molecular weight is 303 g/mol. The summed E-state index contributed by atoms with van der Waals surface area (Å²) >= 11 is 3.40. The minimum atomic E-state index is 0.704. The van der Waals surface area contributed by atoms with Crippen LogP contribution in [-0.4, -0.2) is 14.5 Å². The lowest BCUT2D eigenvalue weighted by Crippen LogP contribution is -1.96. The van der Waals surface area contributed by atoms with Crippen LogP contribution < -0.4 is 5.73 Å². The first-order valence-electron chi connectivity index (χ1n) is 5.48. The zero-order chi connectivity index (χ0) is 12.7. The quantitative estimate of drug-likeness (QED) is 0.703. The van der Waals surface area contributed by atoms with Crippen molar-refractivity contribution in [3.63, 3.8) is 0 Å². The third-order valence-electron chi connectivity index (χ3n) is 2.94. The minimum Gasteiger partial charge on any atom is -0.398 e. The number of rotatable bonds is 1. The molecular weight excluding hydrogens is 292 g/mol. The molecule has 2 heterocycles. The SMILES string of the molecule is Cn1c(-c2ccc(Br)cc2N)nc2ccncc21. The molecule has 0 bridgehead atoms. The van der Waals surface area contributed by atoms with Gasteiger partial charge in [-0.3, -0.25) is 4.98 Å². The van der Waals surface area contributed by atoms with E-state index in [-0.39, 0.29) is 0 Å². The third kappa shape index (κ3) is 1.67. The van der Waals surface area contributed by atoms with Crippen LogP contribution in [0.5, 0.6) is 0 Å². The molecule has 2 aromatic heterocycles. The summed E-state index contributed by atoms with van der Waals surface area (Å²) in [6.45, 7) is 0. The maximum atomic E-state index is 6.05. The van der Waals surface area contributed by atoms with Gasteiger partial charge in [0.25, 0.3) is 0 Å². The van der Waals surface area contributed by atoms with Crippen molar-refractivity contribution in [1.29, 1.82) is 0 Å². The fourth-order valence-electron chi connectivity index (χ4n) is 2.01. The summed E-state index contributed by atoms with van der Waals surface area (Å²) < 4.78 is 2.96. The molecule has 0 fully saturated rings. The number of halogens is 1. The Kier molecular flexibility index (Phi) is 2.56. The topological polar surface area (TPSA) is 56.7 Å². The number of nitrogen functional groups attached to an aromatic ring is 1. The van der Waals surface area contributed by atoms with E-state index in [9.17, 15) is 0 Å². The molecule has 18 heavy (non-hydrogen) atoms. The maximum Gasteiger partial charge on any atom is 0.142 e. The Hall–Kier alpha value is -1.88. The predicted octanol–water partition coefficient (Wildman–Crippen LogP) is 2.98. The molecule has 5 heteroatoms. The molecule has 1 aromatic carbocycles. The van der Waals surface area contributed by atoms with E-state index in [0.29, 0.717) is 5.69 Å². The molecule has 0 amide bonds. The Morgan fingerprint density at radius 2 is 2.11 bits per heavy atom. The Morgan fingerprint density at radius 3 is 2.83 bits per heavy atom. The van der Waals surface area contributed by atoms with E-state index in [4.69, 9.17) is 5.73 Å². The van der Waals surface area contributed by atoms with Crippen LogP contribution in [0.4, 0.5) is 5.69 Å². The number of hydrogen-bond acceptors (Lipinski definition) is 3. The van der Waals surface area contributed by atoms with Crippen molar-refractivity contribution >= 4 is 32.7 Å². The zero-order valence-electron chi connectivity index (χ0n) is 9.76. The summed E-state index contributed by atoms with van der Waals surface area (Å²) in [5.41, 5.74) is 9.59. The molecule has 2 N–H and O–H groups in total. The number of nitrogens with zero attached hydrogens (tertiary/aromatic N) is 3. The summed E-state index contributed by atoms with van der Waals surface area (Å²) in [5.74, 6) is 0.850. The molecule has 0 saturated heterocycles. The smallest absolute Gasteiger partial charge is 0.142 e. The van der Waals surface area contributed by atoms with E-state index in [1.54, 1.807) is 12.4 Å². The van der Waals surface area contributed by atoms with Crippen molar-refractivity contribution in [2.24, 2.45) is 7.05 Å². The summed E-state index contributed by atoms with van der Waals surface area (Å²) in [6, 6.07) is 7.71. The van der Waals surface area contributed by atoms with E-state index < -0.39 is 0 Å². The maximum absolute atomic E-state index is 6.05. The van der Waals surface area contributed by atoms with E-state index in [1.165, 1.54) is 0 Å². The van der Waals surface area contributed by atoms with Crippen LogP contribution in [0, 0.1) is 0 Å². The molecule has 4 nitrogen and oxygen atoms in total. The van der Waals surface area contributed by atoms with Gasteiger partial charge < -0.3 is 10.3 Å². The fourth-order valence-corrected chi connectivity index (χ4v) is 2.39. The van der Waals surface area contributed by atoms with Crippen LogP contribution in [0.1, 0.15) is 0 Å². The van der Waals surface area contributed by atoms with Gasteiger partial charge in [0, 0.05) is 29.0 Å². The van der Waals surface area contributed by atoms with Crippen molar-refractivity contribution in [1.82, 2.24) is 14.5 Å². The molecular formula is C13H11BrN4. The van der Waals surface area contributed by atoms with Gasteiger partial charge in [-0.1, -0.05) is 15.9 Å². The molecule has 3 rings (SSSR count). The van der Waals surface area contributed by atoms with E-state index in [2.05, 4.69) is 25.9 Å². The average Bonchev–Trinajstić information content (AvgIpc) is 2.68. The normalized spacial score (nSPS) is 11.0. The van der Waals surface area contributed by atoms with Crippen molar-refractivity contribution in [2.45, 2.75) is 0 Å². The van der Waals surface area contributed by atoms with Gasteiger partial charge in [-0.2, -0.15) is 0 Å². The number of aromatic nitrogens is 3. The first kappa shape index (κ1) is 11.2. The highest BCUT2D eigenvalue weighted by molar-refractivity contribution is 9.10. The van der Waals surface area contributed by atoms with Gasteiger partial charge in [0.1, 0.15) is 5.82 Å². The molecule has 0 atom stereocenters. The predicted molar refractivity (Wildman–Crippen MR) is 76.1 cm³/mol. The first-order chi connectivity index (χ1) is 8.66. The standard InChI is InChI=1S/C13H11BrN4/c1-18-12-7-16-5-4-11(12)17-13(18)9-3-2-8(14)6-10(9)15/h2-7H,15H2,1H3. The van der Waals surface area contributed by atoms with Crippen LogP contribution in [0.25, 0.3) is 22.4 Å². The molecule has 0 aliphatic rings. The highest BCUT2D eigenvalue weighted by Crippen LogP contribution is 2.29. The minimum absolute atomic E-state index is 0.704. The number of aryl methyl sites for hydroxylation is 1. The summed E-state index contributed by atoms with van der Waals surface area (Å²) in [5, 5.41) is 0. The lowest BCUT2D eigenvalue weighted by atomic mass is 10.2. The molecule has 0 saturated carbocycles. The van der Waals surface area contributed by atoms with Gasteiger partial charge >= 0.3 is 0 Å². The number of fused-ring (bicyclic) bond motifs is 1. The largest absolute Gasteiger partial charge is 0.398 e. The lowest BCUT2D eigenvalue weighted by molar-refractivity contribution is 0.957. The molecule has 0 radical (unpaired) electrons. The Balaban J connectivity index is 2.28. The second kappa shape index (κ2) is 4.10. The number of benzene rings is 1. The fraction of sp³-hybridized carbons (Fsp3) is 0.0769. The molecule has 0 aliphatic carbocycles. The number of pyridine rings is 1. The van der Waals surface area contributed by atoms with Crippen molar-refractivity contribution in [2.75, 3.05) is 5.73 Å². The van der Waals surface area contributed by atoms with Crippen LogP contribution in [0.3, 0.4) is 0 Å². The van der Waals surface area contributed by atoms with Gasteiger partial charge in [-0.15, -0.1) is 0 Å². The molecule has 0 aliphatic heterocycles. The van der Waals surface area contributed by atoms with Crippen LogP contribution >= 0.6 is 15.9 Å². The second-order valence-electron chi connectivity index (χ2n) is 4.09. The third-order valence-corrected chi connectivity index (χ3v) is 3.43. The van der Waals surface area contributed by atoms with E-state index in [1.807, 2.05) is 35.9 Å². The Morgan fingerprint density at radius 1 is 1.28 bits per heavy atom. The highest BCUT2D eigenvalue weighted by atomic mass is 79.9. The van der Waals surface area contributed by atoms with Crippen molar-refractivity contribution in [3.8, 4) is 11.4 Å². The molecule has 90 valence electrons. The molecule has 3 aromatic rings. The van der Waals surface area contributed by atoms with E-state index >= 15 is 0 Å². The number of hydrogen-bond donors (Lipinski definition) is 1. The zero-order valence-corrected chi connectivity index (χ0v) is 11.3. The Labute approximate surface area is 113 Å². The van der Waals surface area contributed by atoms with Gasteiger partial charge in [0.05, 0.1) is 17.2 Å². The van der Waals surface area contributed by atoms with E-state index in [0.717, 1.165) is 26.9 Å². The van der Waals surface area contributed by atoms with Gasteiger partial charge in [0.2, 0.25) is 0 Å². The lowest BCUT2D eigenvalue weighted by Gasteiger charge is -2.06. The highest BCUT2D eigenvalue weighted by Gasteiger charge is 2.12. The summed E-state index contributed by atoms with van der Waals surface area (Å²) in [7, 11) is 1.97. The van der Waals surface area contributed by atoms with Crippen LogP contribution in [0.2, 0.25) is 0 Å². The van der Waals surface area contributed by atoms with Crippen molar-refractivity contribution in [3.05, 3.63) is 41.1 Å². The number of nitrogens with two attached hydrogens (primary N) is 1. The van der Waals surface area contributed by atoms with Gasteiger partial charge in [0.15, 0.2) is 0 Å². The summed E-state index contributed by atoms with van der Waals surface area (Å²) in [6.07, 6.45) is 3.55. The Bertz CT molecular complexity index is 733. The van der Waals surface area contributed by atoms with Crippen LogP contribution in [-0.2, 0) is 7.05 Å². The monoisotopic (exact) mass is 302 g/mol. The number of anilines is 1. The van der Waals surface area contributed by atoms with Gasteiger partial charge in [-0.25, -0.2) is 4.98 Å². The molecule has 0 spiro atoms. The summed E-state index contributed by atoms with van der Waals surface area (Å²) in [4.78, 5) is 8.72. The molecule has 0 unspecified atom stereocenters. The van der Waals surface area contributed by atoms with Gasteiger partial charge in [-0.05, 0) is 24.3 Å². The van der Waals surface area contributed by atoms with Crippen LogP contribution in [0.15, 0.2) is 41.1 Å². The first-order valence-corrected chi connectivity index (χ1v) is 6.28. The second-order valence-corrected chi connectivity index (χ2v) is 5.01.